The van der Waals surface area contributed by atoms with Gasteiger partial charge in [0.15, 0.2) is 17.5 Å². The molecule has 3 aromatic rings. The summed E-state index contributed by atoms with van der Waals surface area (Å²) in [6.45, 7) is 0.817. The van der Waals surface area contributed by atoms with Gasteiger partial charge in [-0.3, -0.25) is 4.99 Å². The number of nitrogens with zero attached hydrogens (tertiary/aromatic N) is 1. The summed E-state index contributed by atoms with van der Waals surface area (Å²) in [5.74, 6) is -0.909. The van der Waals surface area contributed by atoms with E-state index < -0.39 is 17.7 Å². The first-order valence-electron chi connectivity index (χ1n) is 8.75. The number of aliphatic hydroxyl groups is 1. The molecule has 0 amide bonds. The molecule has 0 bridgehead atoms. The third-order valence-corrected chi connectivity index (χ3v) is 5.22. The van der Waals surface area contributed by atoms with Crippen molar-refractivity contribution in [3.8, 4) is 5.75 Å². The van der Waals surface area contributed by atoms with Gasteiger partial charge in [0, 0.05) is 29.2 Å². The lowest BCUT2D eigenvalue weighted by molar-refractivity contribution is 0.184. The molecule has 1 unspecified atom stereocenters. The summed E-state index contributed by atoms with van der Waals surface area (Å²) in [4.78, 5) is 4.95. The number of hydrogen-bond donors (Lipinski definition) is 3. The van der Waals surface area contributed by atoms with Crippen LogP contribution >= 0.6 is 35.3 Å². The van der Waals surface area contributed by atoms with E-state index in [1.807, 2.05) is 30.3 Å². The van der Waals surface area contributed by atoms with Crippen LogP contribution < -0.4 is 15.4 Å². The number of thiophene rings is 1. The Labute approximate surface area is 188 Å². The number of aliphatic imine (C=N–C) groups is 1. The van der Waals surface area contributed by atoms with E-state index >= 15 is 0 Å². The van der Waals surface area contributed by atoms with Crippen LogP contribution in [-0.2, 0) is 0 Å². The Bertz CT molecular complexity index is 935. The van der Waals surface area contributed by atoms with Crippen LogP contribution in [0.3, 0.4) is 0 Å². The van der Waals surface area contributed by atoms with Crippen molar-refractivity contribution in [1.82, 2.24) is 10.6 Å². The smallest absolute Gasteiger partial charge is 0.191 e. The second-order valence-electron chi connectivity index (χ2n) is 6.01. The highest BCUT2D eigenvalue weighted by Crippen LogP contribution is 2.29. The van der Waals surface area contributed by atoms with Crippen molar-refractivity contribution in [2.24, 2.45) is 4.99 Å². The molecule has 156 valence electrons. The molecule has 1 heterocycles. The number of nitrogens with one attached hydrogen (secondary N) is 2. The number of guanidine groups is 1. The minimum Gasteiger partial charge on any atom is -0.489 e. The predicted octanol–water partition coefficient (Wildman–Crippen LogP) is 4.07. The maximum atomic E-state index is 13.5. The Morgan fingerprint density at radius 1 is 1.17 bits per heavy atom. The van der Waals surface area contributed by atoms with E-state index in [-0.39, 0.29) is 36.3 Å². The van der Waals surface area contributed by atoms with Crippen molar-refractivity contribution in [1.29, 1.82) is 0 Å². The molecule has 5 nitrogen and oxygen atoms in total. The zero-order chi connectivity index (χ0) is 19.9. The standard InChI is InChI=1S/C20H21F2N3O2S.HI/c1-23-20(24-8-9-27-17-7-6-14(21)11-15(17)22)25-12-16(26)19-10-13-4-2-3-5-18(13)28-19;/h2-7,10-11,16,26H,8-9,12H2,1H3,(H2,23,24,25);1H. The van der Waals surface area contributed by atoms with Gasteiger partial charge in [-0.15, -0.1) is 35.3 Å². The second kappa shape index (κ2) is 11.3. The SMILES string of the molecule is CN=C(NCCOc1ccc(F)cc1F)NCC(O)c1cc2ccccc2s1.I. The van der Waals surface area contributed by atoms with E-state index in [1.165, 1.54) is 6.07 Å². The Kier molecular flexibility index (Phi) is 9.05. The van der Waals surface area contributed by atoms with Crippen LogP contribution in [0.25, 0.3) is 10.1 Å². The third-order valence-electron chi connectivity index (χ3n) is 4.01. The van der Waals surface area contributed by atoms with Gasteiger partial charge < -0.3 is 20.5 Å². The summed E-state index contributed by atoms with van der Waals surface area (Å²) in [5.41, 5.74) is 0. The lowest BCUT2D eigenvalue weighted by atomic mass is 10.2. The van der Waals surface area contributed by atoms with Crippen LogP contribution in [0.2, 0.25) is 0 Å². The normalized spacial score (nSPS) is 12.3. The minimum absolute atomic E-state index is 0. The zero-order valence-corrected chi connectivity index (χ0v) is 18.8. The fourth-order valence-corrected chi connectivity index (χ4v) is 3.65. The van der Waals surface area contributed by atoms with E-state index in [1.54, 1.807) is 18.4 Å². The summed E-state index contributed by atoms with van der Waals surface area (Å²) in [5, 5.41) is 17.6. The van der Waals surface area contributed by atoms with Gasteiger partial charge in [-0.1, -0.05) is 18.2 Å². The molecule has 0 spiro atoms. The molecule has 3 N–H and O–H groups in total. The van der Waals surface area contributed by atoms with Crippen molar-refractivity contribution < 1.29 is 18.6 Å². The van der Waals surface area contributed by atoms with Crippen LogP contribution in [-0.4, -0.2) is 37.8 Å². The topological polar surface area (TPSA) is 65.9 Å². The maximum Gasteiger partial charge on any atom is 0.191 e. The highest BCUT2D eigenvalue weighted by molar-refractivity contribution is 14.0. The molecule has 1 atom stereocenters. The van der Waals surface area contributed by atoms with Gasteiger partial charge in [-0.25, -0.2) is 8.78 Å². The van der Waals surface area contributed by atoms with Crippen molar-refractivity contribution in [3.05, 3.63) is 65.0 Å². The molecule has 0 radical (unpaired) electrons. The number of hydrogen-bond acceptors (Lipinski definition) is 4. The fraction of sp³-hybridized carbons (Fsp3) is 0.250. The van der Waals surface area contributed by atoms with Crippen LogP contribution in [0.15, 0.2) is 53.5 Å². The molecule has 0 aliphatic carbocycles. The number of halogens is 3. The molecular weight excluding hydrogens is 511 g/mol. The molecule has 0 aliphatic heterocycles. The van der Waals surface area contributed by atoms with Gasteiger partial charge >= 0.3 is 0 Å². The molecule has 0 fully saturated rings. The summed E-state index contributed by atoms with van der Waals surface area (Å²) >= 11 is 1.55. The predicted molar refractivity (Wildman–Crippen MR) is 123 cm³/mol. The first-order valence-corrected chi connectivity index (χ1v) is 9.57. The lowest BCUT2D eigenvalue weighted by Gasteiger charge is -2.15. The van der Waals surface area contributed by atoms with Gasteiger partial charge in [0.25, 0.3) is 0 Å². The van der Waals surface area contributed by atoms with Gasteiger partial charge in [-0.05, 0) is 29.7 Å². The second-order valence-corrected chi connectivity index (χ2v) is 7.12. The van der Waals surface area contributed by atoms with Gasteiger partial charge in [0.1, 0.15) is 18.5 Å². The summed E-state index contributed by atoms with van der Waals surface area (Å²) in [6, 6.07) is 13.1. The highest BCUT2D eigenvalue weighted by Gasteiger charge is 2.12. The first kappa shape index (κ1) is 23.3. The Morgan fingerprint density at radius 2 is 1.97 bits per heavy atom. The number of benzene rings is 2. The van der Waals surface area contributed by atoms with Crippen LogP contribution in [0.1, 0.15) is 11.0 Å². The van der Waals surface area contributed by atoms with Crippen LogP contribution in [0.5, 0.6) is 5.75 Å². The van der Waals surface area contributed by atoms with Crippen LogP contribution in [0.4, 0.5) is 8.78 Å². The molecule has 2 aromatic carbocycles. The Balaban J connectivity index is 0.00000300. The zero-order valence-electron chi connectivity index (χ0n) is 15.7. The Morgan fingerprint density at radius 3 is 2.69 bits per heavy atom. The third kappa shape index (κ3) is 6.51. The average molecular weight is 533 g/mol. The number of fused-ring (bicyclic) bond motifs is 1. The molecule has 1 aromatic heterocycles. The summed E-state index contributed by atoms with van der Waals surface area (Å²) < 4.78 is 32.8. The average Bonchev–Trinajstić information content (AvgIpc) is 3.13. The largest absolute Gasteiger partial charge is 0.489 e. The molecule has 3 rings (SSSR count). The molecule has 0 aliphatic rings. The van der Waals surface area contributed by atoms with Crippen molar-refractivity contribution in [3.63, 3.8) is 0 Å². The molecule has 29 heavy (non-hydrogen) atoms. The van der Waals surface area contributed by atoms with Crippen LogP contribution in [0, 0.1) is 11.6 Å². The number of rotatable bonds is 7. The first-order chi connectivity index (χ1) is 13.6. The van der Waals surface area contributed by atoms with E-state index in [0.717, 1.165) is 27.1 Å². The number of aliphatic hydroxyl groups excluding tert-OH is 1. The quantitative estimate of drug-likeness (QED) is 0.186. The van der Waals surface area contributed by atoms with E-state index in [9.17, 15) is 13.9 Å². The minimum atomic E-state index is -0.742. The van der Waals surface area contributed by atoms with E-state index in [4.69, 9.17) is 4.74 Å². The van der Waals surface area contributed by atoms with Crippen molar-refractivity contribution in [2.45, 2.75) is 6.10 Å². The molecule has 9 heteroatoms. The van der Waals surface area contributed by atoms with Gasteiger partial charge in [0.2, 0.25) is 0 Å². The van der Waals surface area contributed by atoms with E-state index in [2.05, 4.69) is 15.6 Å². The summed E-state index contributed by atoms with van der Waals surface area (Å²) in [6.07, 6.45) is -0.666. The Hall–Kier alpha value is -1.98. The van der Waals surface area contributed by atoms with Crippen molar-refractivity contribution >= 4 is 51.4 Å². The monoisotopic (exact) mass is 533 g/mol. The summed E-state index contributed by atoms with van der Waals surface area (Å²) in [7, 11) is 1.61. The molecular formula is C20H22F2IN3O2S. The van der Waals surface area contributed by atoms with Gasteiger partial charge in [-0.2, -0.15) is 0 Å². The number of ether oxygens (including phenoxy) is 1. The van der Waals surface area contributed by atoms with Crippen molar-refractivity contribution in [2.75, 3.05) is 26.7 Å². The van der Waals surface area contributed by atoms with E-state index in [0.29, 0.717) is 19.0 Å². The maximum absolute atomic E-state index is 13.5. The van der Waals surface area contributed by atoms with Gasteiger partial charge in [0.05, 0.1) is 6.54 Å². The lowest BCUT2D eigenvalue weighted by Crippen LogP contribution is -2.41. The highest BCUT2D eigenvalue weighted by atomic mass is 127. The fourth-order valence-electron chi connectivity index (χ4n) is 2.60. The molecule has 0 saturated heterocycles. The molecule has 0 saturated carbocycles.